The van der Waals surface area contributed by atoms with Crippen molar-refractivity contribution in [2.75, 3.05) is 6.61 Å². The maximum atomic E-state index is 6.06. The molecule has 0 aliphatic heterocycles. The normalized spacial score (nSPS) is 12.1. The van der Waals surface area contributed by atoms with E-state index in [0.29, 0.717) is 5.04 Å². The lowest BCUT2D eigenvalue weighted by atomic mass is 10.1. The molecule has 0 aromatic heterocycles. The van der Waals surface area contributed by atoms with Gasteiger partial charge in [0, 0.05) is 8.80 Å². The topological polar surface area (TPSA) is 9.23 Å². The highest BCUT2D eigenvalue weighted by Gasteiger charge is 2.24. The first-order chi connectivity index (χ1) is 8.92. The standard InChI is InChI=1S/C16H21BrOSi/c1-16(2,19(3)4)11-18-14-10-9-12-7-5-6-8-13(12)15(14)17/h5-10,19H,11H2,1-4H3. The zero-order chi connectivity index (χ0) is 14.0. The predicted octanol–water partition coefficient (Wildman–Crippen LogP) is 5.25. The van der Waals surface area contributed by atoms with E-state index < -0.39 is 8.80 Å². The first kappa shape index (κ1) is 14.6. The van der Waals surface area contributed by atoms with Gasteiger partial charge in [-0.2, -0.15) is 0 Å². The molecular weight excluding hydrogens is 316 g/mol. The van der Waals surface area contributed by atoms with Gasteiger partial charge in [-0.05, 0) is 37.8 Å². The molecule has 2 aromatic carbocycles. The zero-order valence-electron chi connectivity index (χ0n) is 12.0. The Hall–Kier alpha value is -0.803. The molecule has 0 saturated carbocycles. The van der Waals surface area contributed by atoms with Gasteiger partial charge in [-0.1, -0.05) is 57.3 Å². The Morgan fingerprint density at radius 1 is 1.11 bits per heavy atom. The summed E-state index contributed by atoms with van der Waals surface area (Å²) in [7, 11) is -0.726. The summed E-state index contributed by atoms with van der Waals surface area (Å²) in [6, 6.07) is 12.5. The van der Waals surface area contributed by atoms with Crippen LogP contribution in [0.3, 0.4) is 0 Å². The highest BCUT2D eigenvalue weighted by atomic mass is 79.9. The fraction of sp³-hybridized carbons (Fsp3) is 0.375. The first-order valence-electron chi connectivity index (χ1n) is 6.72. The van der Waals surface area contributed by atoms with E-state index in [1.54, 1.807) is 0 Å². The zero-order valence-corrected chi connectivity index (χ0v) is 14.8. The van der Waals surface area contributed by atoms with Crippen LogP contribution in [0, 0.1) is 0 Å². The molecule has 0 aliphatic rings. The summed E-state index contributed by atoms with van der Waals surface area (Å²) in [5.74, 6) is 0.946. The Morgan fingerprint density at radius 2 is 1.79 bits per heavy atom. The summed E-state index contributed by atoms with van der Waals surface area (Å²) >= 11 is 3.67. The van der Waals surface area contributed by atoms with Gasteiger partial charge < -0.3 is 4.74 Å². The number of benzene rings is 2. The molecule has 19 heavy (non-hydrogen) atoms. The number of halogens is 1. The van der Waals surface area contributed by atoms with Gasteiger partial charge in [0.15, 0.2) is 0 Å². The van der Waals surface area contributed by atoms with Crippen LogP contribution in [0.1, 0.15) is 13.8 Å². The monoisotopic (exact) mass is 336 g/mol. The van der Waals surface area contributed by atoms with Crippen molar-refractivity contribution in [1.29, 1.82) is 0 Å². The van der Waals surface area contributed by atoms with Crippen LogP contribution in [0.25, 0.3) is 10.8 Å². The Labute approximate surface area is 125 Å². The molecule has 0 atom stereocenters. The average Bonchev–Trinajstić information content (AvgIpc) is 2.38. The molecule has 0 spiro atoms. The second kappa shape index (κ2) is 5.67. The lowest BCUT2D eigenvalue weighted by Gasteiger charge is -2.28. The van der Waals surface area contributed by atoms with Gasteiger partial charge in [0.2, 0.25) is 0 Å². The van der Waals surface area contributed by atoms with Gasteiger partial charge in [-0.25, -0.2) is 0 Å². The van der Waals surface area contributed by atoms with Crippen LogP contribution in [-0.2, 0) is 0 Å². The second-order valence-electron chi connectivity index (χ2n) is 6.03. The van der Waals surface area contributed by atoms with Crippen molar-refractivity contribution in [2.24, 2.45) is 0 Å². The molecule has 0 radical (unpaired) electrons. The van der Waals surface area contributed by atoms with E-state index in [1.165, 1.54) is 10.8 Å². The molecule has 0 heterocycles. The minimum absolute atomic E-state index is 0.311. The van der Waals surface area contributed by atoms with E-state index in [2.05, 4.69) is 79.3 Å². The molecule has 0 aliphatic carbocycles. The second-order valence-corrected chi connectivity index (χ2v) is 10.7. The molecule has 2 aromatic rings. The molecule has 0 unspecified atom stereocenters. The summed E-state index contributed by atoms with van der Waals surface area (Å²) in [5.41, 5.74) is 0. The molecule has 1 nitrogen and oxygen atoms in total. The minimum atomic E-state index is -0.726. The quantitative estimate of drug-likeness (QED) is 0.693. The largest absolute Gasteiger partial charge is 0.492 e. The molecule has 0 bridgehead atoms. The van der Waals surface area contributed by atoms with E-state index in [9.17, 15) is 0 Å². The van der Waals surface area contributed by atoms with E-state index in [-0.39, 0.29) is 0 Å². The first-order valence-corrected chi connectivity index (χ1v) is 10.4. The summed E-state index contributed by atoms with van der Waals surface area (Å²) in [6.07, 6.45) is 0. The Balaban J connectivity index is 2.25. The third-order valence-corrected chi connectivity index (χ3v) is 8.10. The highest BCUT2D eigenvalue weighted by molar-refractivity contribution is 9.10. The molecule has 0 amide bonds. The van der Waals surface area contributed by atoms with Crippen LogP contribution in [0.2, 0.25) is 18.1 Å². The van der Waals surface area contributed by atoms with Crippen molar-refractivity contribution in [3.8, 4) is 5.75 Å². The fourth-order valence-corrected chi connectivity index (χ4v) is 2.78. The van der Waals surface area contributed by atoms with Crippen molar-refractivity contribution >= 4 is 35.5 Å². The number of hydrogen-bond acceptors (Lipinski definition) is 1. The fourth-order valence-electron chi connectivity index (χ4n) is 1.76. The lowest BCUT2D eigenvalue weighted by molar-refractivity contribution is 0.275. The summed E-state index contributed by atoms with van der Waals surface area (Å²) in [5, 5.41) is 2.75. The van der Waals surface area contributed by atoms with Crippen LogP contribution in [0.5, 0.6) is 5.75 Å². The number of fused-ring (bicyclic) bond motifs is 1. The van der Waals surface area contributed by atoms with Crippen LogP contribution in [-0.4, -0.2) is 15.4 Å². The van der Waals surface area contributed by atoms with Crippen molar-refractivity contribution in [1.82, 2.24) is 0 Å². The Morgan fingerprint density at radius 3 is 2.47 bits per heavy atom. The van der Waals surface area contributed by atoms with Gasteiger partial charge in [0.25, 0.3) is 0 Å². The van der Waals surface area contributed by atoms with Crippen molar-refractivity contribution in [3.05, 3.63) is 40.9 Å². The third-order valence-electron chi connectivity index (χ3n) is 3.99. The van der Waals surface area contributed by atoms with Crippen LogP contribution in [0.15, 0.2) is 40.9 Å². The molecular formula is C16H21BrOSi. The van der Waals surface area contributed by atoms with Crippen molar-refractivity contribution < 1.29 is 4.74 Å². The van der Waals surface area contributed by atoms with Gasteiger partial charge in [-0.15, -0.1) is 0 Å². The van der Waals surface area contributed by atoms with Crippen LogP contribution >= 0.6 is 15.9 Å². The van der Waals surface area contributed by atoms with E-state index in [0.717, 1.165) is 16.8 Å². The summed E-state index contributed by atoms with van der Waals surface area (Å²) in [4.78, 5) is 0. The number of hydrogen-bond donors (Lipinski definition) is 0. The van der Waals surface area contributed by atoms with Gasteiger partial charge in [0.05, 0.1) is 11.1 Å². The molecule has 0 N–H and O–H groups in total. The highest BCUT2D eigenvalue weighted by Crippen LogP contribution is 2.35. The number of rotatable bonds is 4. The maximum Gasteiger partial charge on any atom is 0.134 e. The predicted molar refractivity (Wildman–Crippen MR) is 90.1 cm³/mol. The Kier molecular flexibility index (Phi) is 4.36. The smallest absolute Gasteiger partial charge is 0.134 e. The van der Waals surface area contributed by atoms with Gasteiger partial charge >= 0.3 is 0 Å². The van der Waals surface area contributed by atoms with Crippen molar-refractivity contribution in [2.45, 2.75) is 32.0 Å². The molecule has 0 fully saturated rings. The van der Waals surface area contributed by atoms with E-state index in [4.69, 9.17) is 4.74 Å². The van der Waals surface area contributed by atoms with E-state index >= 15 is 0 Å². The van der Waals surface area contributed by atoms with Gasteiger partial charge in [0.1, 0.15) is 5.75 Å². The molecule has 0 saturated heterocycles. The SMILES string of the molecule is C[SiH](C)C(C)(C)COc1ccc2ccccc2c1Br. The average molecular weight is 337 g/mol. The molecule has 102 valence electrons. The van der Waals surface area contributed by atoms with Crippen LogP contribution < -0.4 is 4.74 Å². The van der Waals surface area contributed by atoms with E-state index in [1.807, 2.05) is 0 Å². The van der Waals surface area contributed by atoms with Crippen LogP contribution in [0.4, 0.5) is 0 Å². The Bertz CT molecular complexity index is 578. The summed E-state index contributed by atoms with van der Waals surface area (Å²) < 4.78 is 7.12. The molecule has 3 heteroatoms. The van der Waals surface area contributed by atoms with Gasteiger partial charge in [-0.3, -0.25) is 0 Å². The molecule has 2 rings (SSSR count). The minimum Gasteiger partial charge on any atom is -0.492 e. The van der Waals surface area contributed by atoms with Crippen molar-refractivity contribution in [3.63, 3.8) is 0 Å². The summed E-state index contributed by atoms with van der Waals surface area (Å²) in [6.45, 7) is 10.1. The number of ether oxygens (including phenoxy) is 1. The maximum absolute atomic E-state index is 6.06. The third kappa shape index (κ3) is 3.21. The lowest BCUT2D eigenvalue weighted by Crippen LogP contribution is -2.27.